The van der Waals surface area contributed by atoms with Crippen molar-refractivity contribution in [3.05, 3.63) is 76.0 Å². The predicted molar refractivity (Wildman–Crippen MR) is 103 cm³/mol. The van der Waals surface area contributed by atoms with Crippen LogP contribution in [-0.2, 0) is 13.7 Å². The average Bonchev–Trinajstić information content (AvgIpc) is 3.02. The van der Waals surface area contributed by atoms with E-state index in [1.807, 2.05) is 30.3 Å². The van der Waals surface area contributed by atoms with E-state index in [-0.39, 0.29) is 11.4 Å². The summed E-state index contributed by atoms with van der Waals surface area (Å²) in [5.74, 6) is -0.868. The molecule has 0 unspecified atom stereocenters. The molecule has 0 fully saturated rings. The van der Waals surface area contributed by atoms with Gasteiger partial charge in [0.25, 0.3) is 5.91 Å². The SMILES string of the molecule is Cn1ncc(NC(=O)c2cccc(COc3ccc(Br)cc3)c2)c1C(=O)O. The quantitative estimate of drug-likeness (QED) is 0.622. The number of aromatic carboxylic acids is 1. The summed E-state index contributed by atoms with van der Waals surface area (Å²) < 4.78 is 7.87. The van der Waals surface area contributed by atoms with Crippen LogP contribution in [0.1, 0.15) is 26.4 Å². The third-order valence-corrected chi connectivity index (χ3v) is 4.33. The number of hydrogen-bond donors (Lipinski definition) is 2. The minimum absolute atomic E-state index is 0.0851. The van der Waals surface area contributed by atoms with Crippen LogP contribution in [0.3, 0.4) is 0 Å². The van der Waals surface area contributed by atoms with E-state index < -0.39 is 11.9 Å². The topological polar surface area (TPSA) is 93.5 Å². The Labute approximate surface area is 163 Å². The Bertz CT molecular complexity index is 983. The zero-order valence-electron chi connectivity index (χ0n) is 14.3. The number of halogens is 1. The fourth-order valence-corrected chi connectivity index (χ4v) is 2.74. The number of hydrogen-bond acceptors (Lipinski definition) is 4. The van der Waals surface area contributed by atoms with Crippen LogP contribution in [0.5, 0.6) is 5.75 Å². The first-order chi connectivity index (χ1) is 12.9. The number of aromatic nitrogens is 2. The van der Waals surface area contributed by atoms with Crippen LogP contribution in [0.15, 0.2) is 59.2 Å². The molecule has 8 heteroatoms. The third-order valence-electron chi connectivity index (χ3n) is 3.80. The molecule has 1 aromatic heterocycles. The molecule has 0 aliphatic rings. The number of aryl methyl sites for hydroxylation is 1. The van der Waals surface area contributed by atoms with Crippen LogP contribution in [0, 0.1) is 0 Å². The molecule has 27 heavy (non-hydrogen) atoms. The number of anilines is 1. The second-order valence-electron chi connectivity index (χ2n) is 5.73. The van der Waals surface area contributed by atoms with Gasteiger partial charge >= 0.3 is 5.97 Å². The molecular weight excluding hydrogens is 414 g/mol. The number of amides is 1. The monoisotopic (exact) mass is 429 g/mol. The highest BCUT2D eigenvalue weighted by Gasteiger charge is 2.18. The van der Waals surface area contributed by atoms with E-state index in [2.05, 4.69) is 26.3 Å². The summed E-state index contributed by atoms with van der Waals surface area (Å²) in [7, 11) is 1.50. The van der Waals surface area contributed by atoms with Crippen molar-refractivity contribution >= 4 is 33.5 Å². The summed E-state index contributed by atoms with van der Waals surface area (Å²) in [4.78, 5) is 23.8. The lowest BCUT2D eigenvalue weighted by Crippen LogP contribution is -2.15. The second-order valence-corrected chi connectivity index (χ2v) is 6.65. The van der Waals surface area contributed by atoms with Crippen LogP contribution in [0.2, 0.25) is 0 Å². The van der Waals surface area contributed by atoms with Crippen LogP contribution in [-0.4, -0.2) is 26.8 Å². The maximum Gasteiger partial charge on any atom is 0.356 e. The van der Waals surface area contributed by atoms with Gasteiger partial charge in [-0.3, -0.25) is 9.48 Å². The molecule has 0 atom stereocenters. The molecule has 0 spiro atoms. The minimum Gasteiger partial charge on any atom is -0.489 e. The van der Waals surface area contributed by atoms with Gasteiger partial charge in [-0.05, 0) is 42.0 Å². The molecule has 1 amide bonds. The van der Waals surface area contributed by atoms with Gasteiger partial charge in [0.05, 0.1) is 11.9 Å². The van der Waals surface area contributed by atoms with Crippen LogP contribution < -0.4 is 10.1 Å². The number of benzene rings is 2. The minimum atomic E-state index is -1.16. The summed E-state index contributed by atoms with van der Waals surface area (Å²) >= 11 is 3.37. The Kier molecular flexibility index (Phi) is 5.56. The average molecular weight is 430 g/mol. The maximum atomic E-state index is 12.5. The molecular formula is C19H16BrN3O4. The Morgan fingerprint density at radius 1 is 1.22 bits per heavy atom. The van der Waals surface area contributed by atoms with Crippen molar-refractivity contribution in [2.24, 2.45) is 7.05 Å². The van der Waals surface area contributed by atoms with Gasteiger partial charge in [-0.25, -0.2) is 4.79 Å². The molecule has 7 nitrogen and oxygen atoms in total. The van der Waals surface area contributed by atoms with Gasteiger partial charge in [0.1, 0.15) is 12.4 Å². The standard InChI is InChI=1S/C19H16BrN3O4/c1-23-17(19(25)26)16(10-21-23)22-18(24)13-4-2-3-12(9-13)11-27-15-7-5-14(20)6-8-15/h2-10H,11H2,1H3,(H,22,24)(H,25,26). The van der Waals surface area contributed by atoms with Crippen molar-refractivity contribution in [3.63, 3.8) is 0 Å². The molecule has 1 heterocycles. The normalized spacial score (nSPS) is 10.4. The number of nitrogens with zero attached hydrogens (tertiary/aromatic N) is 2. The van der Waals surface area contributed by atoms with Crippen LogP contribution >= 0.6 is 15.9 Å². The van der Waals surface area contributed by atoms with E-state index in [9.17, 15) is 14.7 Å². The molecule has 2 N–H and O–H groups in total. The van der Waals surface area contributed by atoms with E-state index in [1.54, 1.807) is 18.2 Å². The number of carboxylic acids is 1. The molecule has 0 bridgehead atoms. The van der Waals surface area contributed by atoms with Crippen molar-refractivity contribution < 1.29 is 19.4 Å². The van der Waals surface area contributed by atoms with Crippen molar-refractivity contribution in [1.29, 1.82) is 0 Å². The van der Waals surface area contributed by atoms with E-state index >= 15 is 0 Å². The highest BCUT2D eigenvalue weighted by atomic mass is 79.9. The number of carbonyl (C=O) groups is 2. The van der Waals surface area contributed by atoms with Crippen molar-refractivity contribution in [1.82, 2.24) is 9.78 Å². The zero-order chi connectivity index (χ0) is 19.4. The molecule has 2 aromatic carbocycles. The third kappa shape index (κ3) is 4.53. The summed E-state index contributed by atoms with van der Waals surface area (Å²) in [5.41, 5.74) is 1.27. The lowest BCUT2D eigenvalue weighted by molar-refractivity contribution is 0.0686. The van der Waals surface area contributed by atoms with E-state index in [1.165, 1.54) is 17.9 Å². The van der Waals surface area contributed by atoms with Gasteiger partial charge in [0.2, 0.25) is 0 Å². The van der Waals surface area contributed by atoms with Gasteiger partial charge in [0, 0.05) is 17.1 Å². The van der Waals surface area contributed by atoms with Gasteiger partial charge in [-0.1, -0.05) is 28.1 Å². The number of carbonyl (C=O) groups excluding carboxylic acids is 1. The molecule has 0 aliphatic carbocycles. The zero-order valence-corrected chi connectivity index (χ0v) is 15.9. The Balaban J connectivity index is 1.70. The fraction of sp³-hybridized carbons (Fsp3) is 0.105. The number of rotatable bonds is 6. The summed E-state index contributed by atoms with van der Waals surface area (Å²) in [6.45, 7) is 0.302. The van der Waals surface area contributed by atoms with Crippen LogP contribution in [0.25, 0.3) is 0 Å². The van der Waals surface area contributed by atoms with Crippen LogP contribution in [0.4, 0.5) is 5.69 Å². The van der Waals surface area contributed by atoms with E-state index in [4.69, 9.17) is 4.74 Å². The molecule has 3 aromatic rings. The van der Waals surface area contributed by atoms with Crippen molar-refractivity contribution in [2.45, 2.75) is 6.61 Å². The first-order valence-corrected chi connectivity index (χ1v) is 8.77. The maximum absolute atomic E-state index is 12.5. The molecule has 3 rings (SSSR count). The Hall–Kier alpha value is -3.13. The molecule has 0 saturated carbocycles. The second kappa shape index (κ2) is 8.05. The Morgan fingerprint density at radius 3 is 2.67 bits per heavy atom. The lowest BCUT2D eigenvalue weighted by atomic mass is 10.1. The predicted octanol–water partition coefficient (Wildman–Crippen LogP) is 3.71. The highest BCUT2D eigenvalue weighted by Crippen LogP contribution is 2.19. The van der Waals surface area contributed by atoms with E-state index in [0.717, 1.165) is 15.8 Å². The lowest BCUT2D eigenvalue weighted by Gasteiger charge is -2.09. The van der Waals surface area contributed by atoms with Gasteiger partial charge in [-0.15, -0.1) is 0 Å². The summed E-state index contributed by atoms with van der Waals surface area (Å²) in [5, 5.41) is 15.7. The number of ether oxygens (including phenoxy) is 1. The molecule has 0 saturated heterocycles. The van der Waals surface area contributed by atoms with Crippen molar-refractivity contribution in [3.8, 4) is 5.75 Å². The highest BCUT2D eigenvalue weighted by molar-refractivity contribution is 9.10. The number of carboxylic acid groups (broad SMARTS) is 1. The van der Waals surface area contributed by atoms with E-state index in [0.29, 0.717) is 12.2 Å². The van der Waals surface area contributed by atoms with Gasteiger partial charge < -0.3 is 15.2 Å². The Morgan fingerprint density at radius 2 is 1.96 bits per heavy atom. The summed E-state index contributed by atoms with van der Waals surface area (Å²) in [6.07, 6.45) is 1.31. The molecule has 0 radical (unpaired) electrons. The largest absolute Gasteiger partial charge is 0.489 e. The first kappa shape index (κ1) is 18.7. The molecule has 138 valence electrons. The van der Waals surface area contributed by atoms with Crippen molar-refractivity contribution in [2.75, 3.05) is 5.32 Å². The molecule has 0 aliphatic heterocycles. The van der Waals surface area contributed by atoms with Gasteiger partial charge in [0.15, 0.2) is 5.69 Å². The fourth-order valence-electron chi connectivity index (χ4n) is 2.48. The first-order valence-electron chi connectivity index (χ1n) is 7.98. The van der Waals surface area contributed by atoms with Gasteiger partial charge in [-0.2, -0.15) is 5.10 Å². The smallest absolute Gasteiger partial charge is 0.356 e. The number of nitrogens with one attached hydrogen (secondary N) is 1. The summed E-state index contributed by atoms with van der Waals surface area (Å²) in [6, 6.07) is 14.4.